The van der Waals surface area contributed by atoms with E-state index in [-0.39, 0.29) is 11.3 Å². The van der Waals surface area contributed by atoms with Crippen LogP contribution in [-0.4, -0.2) is 20.4 Å². The van der Waals surface area contributed by atoms with E-state index in [1.165, 1.54) is 6.07 Å². The maximum atomic E-state index is 12.7. The van der Waals surface area contributed by atoms with Crippen molar-refractivity contribution in [2.24, 2.45) is 5.73 Å². The average molecular weight is 354 g/mol. The molecule has 0 fully saturated rings. The molecule has 0 heterocycles. The molecule has 128 valence electrons. The molecule has 1 atom stereocenters. The van der Waals surface area contributed by atoms with Gasteiger partial charge in [-0.2, -0.15) is 4.72 Å². The molecular weight excluding hydrogens is 336 g/mol. The number of benzene rings is 3. The van der Waals surface area contributed by atoms with Gasteiger partial charge in [0.1, 0.15) is 6.04 Å². The van der Waals surface area contributed by atoms with Crippen LogP contribution in [0, 0.1) is 0 Å². The molecule has 0 aliphatic carbocycles. The molecule has 25 heavy (non-hydrogen) atoms. The number of carbonyl (C=O) groups excluding carboxylic acids is 1. The first-order chi connectivity index (χ1) is 12.0. The Morgan fingerprint density at radius 3 is 2.24 bits per heavy atom. The van der Waals surface area contributed by atoms with Gasteiger partial charge in [-0.3, -0.25) is 4.79 Å². The third-order valence-corrected chi connectivity index (χ3v) is 5.42. The number of fused-ring (bicyclic) bond motifs is 1. The Balaban J connectivity index is 1.87. The van der Waals surface area contributed by atoms with Crippen molar-refractivity contribution in [1.29, 1.82) is 0 Å². The number of amides is 1. The summed E-state index contributed by atoms with van der Waals surface area (Å²) in [5, 5.41) is 1.75. The quantitative estimate of drug-likeness (QED) is 0.711. The van der Waals surface area contributed by atoms with E-state index in [1.807, 2.05) is 54.6 Å². The van der Waals surface area contributed by atoms with Gasteiger partial charge in [0, 0.05) is 0 Å². The van der Waals surface area contributed by atoms with Crippen molar-refractivity contribution in [1.82, 2.24) is 4.72 Å². The van der Waals surface area contributed by atoms with Crippen molar-refractivity contribution in [2.75, 3.05) is 0 Å². The van der Waals surface area contributed by atoms with Gasteiger partial charge in [0.15, 0.2) is 0 Å². The zero-order valence-corrected chi connectivity index (χ0v) is 14.2. The summed E-state index contributed by atoms with van der Waals surface area (Å²) < 4.78 is 27.7. The molecule has 1 amide bonds. The number of carbonyl (C=O) groups is 1. The summed E-state index contributed by atoms with van der Waals surface area (Å²) in [6.07, 6.45) is 0.197. The summed E-state index contributed by atoms with van der Waals surface area (Å²) in [5.41, 5.74) is 6.22. The maximum absolute atomic E-state index is 12.7. The topological polar surface area (TPSA) is 89.3 Å². The van der Waals surface area contributed by atoms with Crippen LogP contribution in [0.2, 0.25) is 0 Å². The summed E-state index contributed by atoms with van der Waals surface area (Å²) in [5.74, 6) is -0.715. The Morgan fingerprint density at radius 1 is 0.920 bits per heavy atom. The van der Waals surface area contributed by atoms with Gasteiger partial charge in [0.2, 0.25) is 15.9 Å². The van der Waals surface area contributed by atoms with Crippen LogP contribution in [0.4, 0.5) is 0 Å². The summed E-state index contributed by atoms with van der Waals surface area (Å²) >= 11 is 0. The summed E-state index contributed by atoms with van der Waals surface area (Å²) in [6, 6.07) is 20.4. The van der Waals surface area contributed by atoms with Crippen LogP contribution in [0.1, 0.15) is 5.56 Å². The van der Waals surface area contributed by atoms with Crippen LogP contribution in [0.3, 0.4) is 0 Å². The molecule has 0 saturated carbocycles. The highest BCUT2D eigenvalue weighted by atomic mass is 32.2. The van der Waals surface area contributed by atoms with E-state index in [0.29, 0.717) is 0 Å². The van der Waals surface area contributed by atoms with E-state index in [2.05, 4.69) is 4.72 Å². The second-order valence-corrected chi connectivity index (χ2v) is 7.49. The van der Waals surface area contributed by atoms with E-state index in [0.717, 1.165) is 16.3 Å². The first kappa shape index (κ1) is 17.1. The van der Waals surface area contributed by atoms with E-state index in [1.54, 1.807) is 12.1 Å². The van der Waals surface area contributed by atoms with Crippen molar-refractivity contribution in [3.05, 3.63) is 78.4 Å². The lowest BCUT2D eigenvalue weighted by Crippen LogP contribution is -2.45. The Kier molecular flexibility index (Phi) is 4.83. The number of nitrogens with one attached hydrogen (secondary N) is 1. The first-order valence-electron chi connectivity index (χ1n) is 7.80. The predicted octanol–water partition coefficient (Wildman–Crippen LogP) is 2.21. The van der Waals surface area contributed by atoms with Gasteiger partial charge in [-0.1, -0.05) is 60.7 Å². The highest BCUT2D eigenvalue weighted by Crippen LogP contribution is 2.19. The minimum Gasteiger partial charge on any atom is -0.368 e. The van der Waals surface area contributed by atoms with Gasteiger partial charge >= 0.3 is 0 Å². The highest BCUT2D eigenvalue weighted by Gasteiger charge is 2.24. The van der Waals surface area contributed by atoms with Crippen molar-refractivity contribution >= 4 is 26.7 Å². The first-order valence-corrected chi connectivity index (χ1v) is 9.28. The largest absolute Gasteiger partial charge is 0.368 e. The molecule has 0 unspecified atom stereocenters. The lowest BCUT2D eigenvalue weighted by Gasteiger charge is -2.16. The van der Waals surface area contributed by atoms with Crippen LogP contribution < -0.4 is 10.5 Å². The van der Waals surface area contributed by atoms with E-state index in [9.17, 15) is 13.2 Å². The Bertz CT molecular complexity index is 1000. The highest BCUT2D eigenvalue weighted by molar-refractivity contribution is 7.89. The number of nitrogens with two attached hydrogens (primary N) is 1. The average Bonchev–Trinajstić information content (AvgIpc) is 2.61. The van der Waals surface area contributed by atoms with Gasteiger partial charge in [-0.15, -0.1) is 0 Å². The molecule has 0 aromatic heterocycles. The molecule has 0 spiro atoms. The van der Waals surface area contributed by atoms with Crippen LogP contribution >= 0.6 is 0 Å². The van der Waals surface area contributed by atoms with Crippen LogP contribution in [0.15, 0.2) is 77.7 Å². The lowest BCUT2D eigenvalue weighted by atomic mass is 10.1. The zero-order chi connectivity index (χ0) is 17.9. The normalized spacial score (nSPS) is 12.8. The zero-order valence-electron chi connectivity index (χ0n) is 13.4. The van der Waals surface area contributed by atoms with Gasteiger partial charge in [0.05, 0.1) is 4.90 Å². The third-order valence-electron chi connectivity index (χ3n) is 3.95. The molecular formula is C19H18N2O3S. The Labute approximate surface area is 146 Å². The van der Waals surface area contributed by atoms with Gasteiger partial charge in [-0.25, -0.2) is 8.42 Å². The monoisotopic (exact) mass is 354 g/mol. The van der Waals surface area contributed by atoms with Crippen LogP contribution in [0.5, 0.6) is 0 Å². The van der Waals surface area contributed by atoms with E-state index in [4.69, 9.17) is 5.73 Å². The summed E-state index contributed by atoms with van der Waals surface area (Å²) in [6.45, 7) is 0. The summed E-state index contributed by atoms with van der Waals surface area (Å²) in [7, 11) is -3.87. The number of sulfonamides is 1. The Morgan fingerprint density at radius 2 is 1.56 bits per heavy atom. The fourth-order valence-corrected chi connectivity index (χ4v) is 3.88. The van der Waals surface area contributed by atoms with Crippen molar-refractivity contribution in [3.8, 4) is 0 Å². The number of hydrogen-bond donors (Lipinski definition) is 2. The second-order valence-electron chi connectivity index (χ2n) is 5.77. The molecule has 0 aliphatic rings. The lowest BCUT2D eigenvalue weighted by molar-refractivity contribution is -0.119. The number of rotatable bonds is 6. The molecule has 6 heteroatoms. The minimum atomic E-state index is -3.87. The van der Waals surface area contributed by atoms with Crippen molar-refractivity contribution in [3.63, 3.8) is 0 Å². The third kappa shape index (κ3) is 4.04. The van der Waals surface area contributed by atoms with Crippen LogP contribution in [-0.2, 0) is 21.2 Å². The van der Waals surface area contributed by atoms with E-state index < -0.39 is 22.0 Å². The standard InChI is InChI=1S/C19H18N2O3S/c20-19(22)18(12-14-6-2-1-3-7-14)21-25(23,24)17-11-10-15-8-4-5-9-16(15)13-17/h1-11,13,18,21H,12H2,(H2,20,22)/t18-/m0/s1. The molecule has 3 aromatic rings. The molecule has 0 bridgehead atoms. The maximum Gasteiger partial charge on any atom is 0.241 e. The van der Waals surface area contributed by atoms with Gasteiger partial charge in [-0.05, 0) is 34.9 Å². The number of primary amides is 1. The fourth-order valence-electron chi connectivity index (χ4n) is 2.64. The van der Waals surface area contributed by atoms with Crippen molar-refractivity contribution < 1.29 is 13.2 Å². The smallest absolute Gasteiger partial charge is 0.241 e. The SMILES string of the molecule is NC(=O)[C@H](Cc1ccccc1)NS(=O)(=O)c1ccc2ccccc2c1. The molecule has 0 radical (unpaired) electrons. The molecule has 5 nitrogen and oxygen atoms in total. The molecule has 3 rings (SSSR count). The van der Waals surface area contributed by atoms with Crippen molar-refractivity contribution in [2.45, 2.75) is 17.4 Å². The van der Waals surface area contributed by atoms with Crippen LogP contribution in [0.25, 0.3) is 10.8 Å². The van der Waals surface area contributed by atoms with Gasteiger partial charge < -0.3 is 5.73 Å². The molecule has 0 aliphatic heterocycles. The molecule has 3 N–H and O–H groups in total. The van der Waals surface area contributed by atoms with Gasteiger partial charge in [0.25, 0.3) is 0 Å². The Hall–Kier alpha value is -2.70. The fraction of sp³-hybridized carbons (Fsp3) is 0.105. The molecule has 0 saturated heterocycles. The second kappa shape index (κ2) is 7.04. The number of hydrogen-bond acceptors (Lipinski definition) is 3. The minimum absolute atomic E-state index is 0.102. The van der Waals surface area contributed by atoms with E-state index >= 15 is 0 Å². The predicted molar refractivity (Wildman–Crippen MR) is 97.4 cm³/mol. The summed E-state index contributed by atoms with van der Waals surface area (Å²) in [4.78, 5) is 11.8. The molecule has 3 aromatic carbocycles.